The Morgan fingerprint density at radius 1 is 1.21 bits per heavy atom. The molecule has 3 amide bonds. The highest BCUT2D eigenvalue weighted by atomic mass is 16.2. The van der Waals surface area contributed by atoms with Gasteiger partial charge in [-0.1, -0.05) is 0 Å². The number of rotatable bonds is 3. The quantitative estimate of drug-likeness (QED) is 0.923. The van der Waals surface area contributed by atoms with Crippen molar-refractivity contribution >= 4 is 11.9 Å². The minimum Gasteiger partial charge on any atom is -0.346 e. The molecule has 0 radical (unpaired) electrons. The van der Waals surface area contributed by atoms with Crippen molar-refractivity contribution in [3.8, 4) is 0 Å². The van der Waals surface area contributed by atoms with Crippen molar-refractivity contribution in [3.05, 3.63) is 23.0 Å². The van der Waals surface area contributed by atoms with E-state index < -0.39 is 0 Å². The maximum absolute atomic E-state index is 12.9. The van der Waals surface area contributed by atoms with Crippen molar-refractivity contribution in [2.75, 3.05) is 26.2 Å². The van der Waals surface area contributed by atoms with Crippen LogP contribution in [-0.4, -0.2) is 58.5 Å². The summed E-state index contributed by atoms with van der Waals surface area (Å²) in [5.74, 6) is 0.124. The normalized spacial score (nSPS) is 19.3. The molecule has 2 saturated heterocycles. The van der Waals surface area contributed by atoms with E-state index in [0.29, 0.717) is 6.04 Å². The maximum Gasteiger partial charge on any atom is 0.317 e. The van der Waals surface area contributed by atoms with Crippen LogP contribution in [0, 0.1) is 13.8 Å². The van der Waals surface area contributed by atoms with E-state index in [1.807, 2.05) is 22.8 Å². The van der Waals surface area contributed by atoms with Crippen LogP contribution in [0.2, 0.25) is 0 Å². The number of hydrogen-bond acceptors (Lipinski definition) is 2. The lowest BCUT2D eigenvalue weighted by molar-refractivity contribution is 0.0665. The van der Waals surface area contributed by atoms with Crippen LogP contribution in [-0.2, 0) is 0 Å². The first-order valence-corrected chi connectivity index (χ1v) is 8.92. The fraction of sp³-hybridized carbons (Fsp3) is 0.667. The molecule has 0 unspecified atom stereocenters. The van der Waals surface area contributed by atoms with Gasteiger partial charge in [0.25, 0.3) is 5.91 Å². The second-order valence-electron chi connectivity index (χ2n) is 7.20. The maximum atomic E-state index is 12.9. The molecular formula is C18H28N4O2. The first-order valence-electron chi connectivity index (χ1n) is 8.92. The number of carbonyl (C=O) groups excluding carboxylic acids is 2. The molecule has 0 aromatic carbocycles. The molecule has 0 spiro atoms. The number of nitrogens with zero attached hydrogens (tertiary/aromatic N) is 3. The van der Waals surface area contributed by atoms with E-state index in [-0.39, 0.29) is 18.0 Å². The first-order chi connectivity index (χ1) is 11.4. The Hall–Kier alpha value is -1.98. The second-order valence-corrected chi connectivity index (χ2v) is 7.20. The molecule has 24 heavy (non-hydrogen) atoms. The van der Waals surface area contributed by atoms with Crippen molar-refractivity contribution in [2.24, 2.45) is 0 Å². The monoisotopic (exact) mass is 332 g/mol. The third-order valence-electron chi connectivity index (χ3n) is 5.31. The van der Waals surface area contributed by atoms with Crippen LogP contribution in [0.3, 0.4) is 0 Å². The van der Waals surface area contributed by atoms with Gasteiger partial charge in [-0.2, -0.15) is 0 Å². The van der Waals surface area contributed by atoms with Crippen LogP contribution in [0.1, 0.15) is 54.5 Å². The molecule has 3 heterocycles. The number of carbonyl (C=O) groups is 2. The third kappa shape index (κ3) is 2.89. The van der Waals surface area contributed by atoms with Crippen molar-refractivity contribution in [3.63, 3.8) is 0 Å². The number of piperidine rings is 1. The molecule has 0 aliphatic carbocycles. The standard InChI is InChI=1S/C18H28N4O2/c1-12(2)22-13(3)11-16(14(22)4)17(23)20-8-5-15(6-9-20)21-10-7-19-18(21)24/h11-12,15H,5-10H2,1-4H3,(H,19,24). The third-order valence-corrected chi connectivity index (χ3v) is 5.31. The Labute approximate surface area is 143 Å². The molecule has 1 aromatic rings. The molecule has 2 fully saturated rings. The summed E-state index contributed by atoms with van der Waals surface area (Å²) in [5.41, 5.74) is 3.00. The number of likely N-dealkylation sites (tertiary alicyclic amines) is 1. The SMILES string of the molecule is Cc1cc(C(=O)N2CCC(N3CCNC3=O)CC2)c(C)n1C(C)C. The molecule has 0 saturated carbocycles. The lowest BCUT2D eigenvalue weighted by atomic mass is 10.0. The fourth-order valence-electron chi connectivity index (χ4n) is 4.17. The number of aromatic nitrogens is 1. The van der Waals surface area contributed by atoms with Crippen LogP contribution in [0.5, 0.6) is 0 Å². The summed E-state index contributed by atoms with van der Waals surface area (Å²) >= 11 is 0. The molecule has 2 aliphatic rings. The molecule has 6 nitrogen and oxygen atoms in total. The average Bonchev–Trinajstić information content (AvgIpc) is 3.10. The highest BCUT2D eigenvalue weighted by molar-refractivity contribution is 5.95. The topological polar surface area (TPSA) is 57.6 Å². The fourth-order valence-corrected chi connectivity index (χ4v) is 4.17. The van der Waals surface area contributed by atoms with Crippen LogP contribution in [0.4, 0.5) is 4.79 Å². The molecular weight excluding hydrogens is 304 g/mol. The van der Waals surface area contributed by atoms with E-state index in [1.165, 1.54) is 0 Å². The minimum atomic E-state index is 0.0419. The van der Waals surface area contributed by atoms with Gasteiger partial charge in [0.2, 0.25) is 0 Å². The lowest BCUT2D eigenvalue weighted by Crippen LogP contribution is -2.47. The summed E-state index contributed by atoms with van der Waals surface area (Å²) in [4.78, 5) is 28.6. The minimum absolute atomic E-state index is 0.0419. The van der Waals surface area contributed by atoms with Crippen LogP contribution >= 0.6 is 0 Å². The van der Waals surface area contributed by atoms with E-state index in [2.05, 4.69) is 30.7 Å². The number of aryl methyl sites for hydroxylation is 1. The van der Waals surface area contributed by atoms with Crippen LogP contribution in [0.25, 0.3) is 0 Å². The van der Waals surface area contributed by atoms with Crippen LogP contribution < -0.4 is 5.32 Å². The summed E-state index contributed by atoms with van der Waals surface area (Å²) in [6.07, 6.45) is 1.73. The Morgan fingerprint density at radius 2 is 1.88 bits per heavy atom. The summed E-state index contributed by atoms with van der Waals surface area (Å²) < 4.78 is 2.22. The number of amides is 3. The van der Waals surface area contributed by atoms with E-state index in [4.69, 9.17) is 0 Å². The summed E-state index contributed by atoms with van der Waals surface area (Å²) in [6, 6.07) is 2.67. The van der Waals surface area contributed by atoms with Gasteiger partial charge >= 0.3 is 6.03 Å². The predicted molar refractivity (Wildman–Crippen MR) is 93.3 cm³/mol. The van der Waals surface area contributed by atoms with Gasteiger partial charge in [0.15, 0.2) is 0 Å². The molecule has 6 heteroatoms. The average molecular weight is 332 g/mol. The predicted octanol–water partition coefficient (Wildman–Crippen LogP) is 2.32. The highest BCUT2D eigenvalue weighted by Crippen LogP contribution is 2.24. The molecule has 132 valence electrons. The van der Waals surface area contributed by atoms with E-state index >= 15 is 0 Å². The zero-order valence-corrected chi connectivity index (χ0v) is 15.1. The van der Waals surface area contributed by atoms with E-state index in [0.717, 1.165) is 56.0 Å². The second kappa shape index (κ2) is 6.49. The lowest BCUT2D eigenvalue weighted by Gasteiger charge is -2.36. The first kappa shape index (κ1) is 16.9. The van der Waals surface area contributed by atoms with Gasteiger partial charge in [-0.05, 0) is 46.6 Å². The van der Waals surface area contributed by atoms with Gasteiger partial charge < -0.3 is 19.7 Å². The van der Waals surface area contributed by atoms with Gasteiger partial charge in [-0.3, -0.25) is 4.79 Å². The van der Waals surface area contributed by atoms with Crippen molar-refractivity contribution < 1.29 is 9.59 Å². The zero-order valence-electron chi connectivity index (χ0n) is 15.1. The summed E-state index contributed by atoms with van der Waals surface area (Å²) in [6.45, 7) is 11.3. The van der Waals surface area contributed by atoms with E-state index in [9.17, 15) is 9.59 Å². The summed E-state index contributed by atoms with van der Waals surface area (Å²) in [5, 5.41) is 2.86. The smallest absolute Gasteiger partial charge is 0.317 e. The Morgan fingerprint density at radius 3 is 2.38 bits per heavy atom. The van der Waals surface area contributed by atoms with E-state index in [1.54, 1.807) is 0 Å². The molecule has 3 rings (SSSR count). The van der Waals surface area contributed by atoms with Gasteiger partial charge in [-0.25, -0.2) is 4.79 Å². The largest absolute Gasteiger partial charge is 0.346 e. The molecule has 0 atom stereocenters. The molecule has 1 N–H and O–H groups in total. The Bertz CT molecular complexity index is 642. The van der Waals surface area contributed by atoms with Gasteiger partial charge in [0.05, 0.1) is 5.56 Å². The molecule has 0 bridgehead atoms. The van der Waals surface area contributed by atoms with Gasteiger partial charge in [-0.15, -0.1) is 0 Å². The summed E-state index contributed by atoms with van der Waals surface area (Å²) in [7, 11) is 0. The number of hydrogen-bond donors (Lipinski definition) is 1. The van der Waals surface area contributed by atoms with Gasteiger partial charge in [0, 0.05) is 49.7 Å². The number of nitrogens with one attached hydrogen (secondary N) is 1. The number of urea groups is 1. The van der Waals surface area contributed by atoms with Crippen molar-refractivity contribution in [2.45, 2.75) is 52.6 Å². The molecule has 2 aliphatic heterocycles. The highest BCUT2D eigenvalue weighted by Gasteiger charge is 2.32. The Balaban J connectivity index is 1.67. The van der Waals surface area contributed by atoms with Crippen molar-refractivity contribution in [1.82, 2.24) is 19.7 Å². The zero-order chi connectivity index (χ0) is 17.4. The Kier molecular flexibility index (Phi) is 4.56. The van der Waals surface area contributed by atoms with Crippen LogP contribution in [0.15, 0.2) is 6.07 Å². The van der Waals surface area contributed by atoms with Gasteiger partial charge in [0.1, 0.15) is 0 Å². The molecule has 1 aromatic heterocycles. The van der Waals surface area contributed by atoms with Crippen molar-refractivity contribution in [1.29, 1.82) is 0 Å².